The van der Waals surface area contributed by atoms with E-state index < -0.39 is 12.0 Å². The Morgan fingerprint density at radius 2 is 1.82 bits per heavy atom. The van der Waals surface area contributed by atoms with E-state index in [1.165, 1.54) is 0 Å². The van der Waals surface area contributed by atoms with Gasteiger partial charge < -0.3 is 15.0 Å². The van der Waals surface area contributed by atoms with Crippen molar-refractivity contribution in [3.05, 3.63) is 45.1 Å². The number of amides is 3. The molecule has 1 aromatic rings. The van der Waals surface area contributed by atoms with Crippen molar-refractivity contribution in [2.24, 2.45) is 0 Å². The van der Waals surface area contributed by atoms with Gasteiger partial charge >= 0.3 is 12.0 Å². The van der Waals surface area contributed by atoms with Crippen LogP contribution in [0.15, 0.2) is 29.5 Å². The third-order valence-corrected chi connectivity index (χ3v) is 6.49. The molecule has 1 atom stereocenters. The first-order chi connectivity index (χ1) is 15.8. The predicted molar refractivity (Wildman–Crippen MR) is 127 cm³/mol. The SMILES string of the molecule is CCOC(=O)C1=C(CN2CCN(C(=O)CC)CC2)N(CC)C(=O)NC1c1ccc(Cl)cc1Cl. The fraction of sp³-hybridized carbons (Fsp3) is 0.522. The van der Waals surface area contributed by atoms with E-state index in [4.69, 9.17) is 27.9 Å². The van der Waals surface area contributed by atoms with Gasteiger partial charge in [-0.25, -0.2) is 9.59 Å². The minimum atomic E-state index is -0.762. The van der Waals surface area contributed by atoms with Gasteiger partial charge in [0.25, 0.3) is 0 Å². The van der Waals surface area contributed by atoms with Crippen molar-refractivity contribution in [1.82, 2.24) is 20.0 Å². The van der Waals surface area contributed by atoms with E-state index >= 15 is 0 Å². The molecular formula is C23H30Cl2N4O4. The molecule has 1 fully saturated rings. The molecule has 2 heterocycles. The number of urea groups is 1. The van der Waals surface area contributed by atoms with Crippen molar-refractivity contribution in [2.75, 3.05) is 45.9 Å². The monoisotopic (exact) mass is 496 g/mol. The summed E-state index contributed by atoms with van der Waals surface area (Å²) in [7, 11) is 0. The Labute approximate surface area is 204 Å². The number of carbonyl (C=O) groups is 3. The number of hydrogen-bond donors (Lipinski definition) is 1. The number of ether oxygens (including phenoxy) is 1. The van der Waals surface area contributed by atoms with Gasteiger partial charge in [-0.15, -0.1) is 0 Å². The van der Waals surface area contributed by atoms with E-state index in [-0.39, 0.29) is 18.5 Å². The molecule has 0 saturated carbocycles. The largest absolute Gasteiger partial charge is 0.463 e. The van der Waals surface area contributed by atoms with Crippen molar-refractivity contribution < 1.29 is 19.1 Å². The number of halogens is 2. The summed E-state index contributed by atoms with van der Waals surface area (Å²) in [6.07, 6.45) is 0.478. The maximum Gasteiger partial charge on any atom is 0.338 e. The number of esters is 1. The van der Waals surface area contributed by atoms with Crippen molar-refractivity contribution in [2.45, 2.75) is 33.2 Å². The number of likely N-dealkylation sites (N-methyl/N-ethyl adjacent to an activating group) is 1. The number of nitrogens with zero attached hydrogens (tertiary/aromatic N) is 3. The quantitative estimate of drug-likeness (QED) is 0.584. The molecule has 1 N–H and O–H groups in total. The van der Waals surface area contributed by atoms with Crippen LogP contribution < -0.4 is 5.32 Å². The molecule has 10 heteroatoms. The molecular weight excluding hydrogens is 467 g/mol. The fourth-order valence-corrected chi connectivity index (χ4v) is 4.73. The van der Waals surface area contributed by atoms with Crippen molar-refractivity contribution >= 4 is 41.1 Å². The third kappa shape index (κ3) is 5.62. The van der Waals surface area contributed by atoms with Crippen molar-refractivity contribution in [3.63, 3.8) is 0 Å². The Bertz CT molecular complexity index is 944. The van der Waals surface area contributed by atoms with Crippen LogP contribution in [0.4, 0.5) is 4.79 Å². The van der Waals surface area contributed by atoms with Gasteiger partial charge in [0.05, 0.1) is 18.2 Å². The zero-order chi connectivity index (χ0) is 24.1. The van der Waals surface area contributed by atoms with E-state index in [1.807, 2.05) is 18.7 Å². The normalized spacial score (nSPS) is 19.5. The zero-order valence-electron chi connectivity index (χ0n) is 19.2. The summed E-state index contributed by atoms with van der Waals surface area (Å²) in [4.78, 5) is 43.8. The molecule has 0 radical (unpaired) electrons. The second-order valence-electron chi connectivity index (χ2n) is 7.88. The zero-order valence-corrected chi connectivity index (χ0v) is 20.7. The van der Waals surface area contributed by atoms with E-state index in [0.717, 1.165) is 0 Å². The van der Waals surface area contributed by atoms with Gasteiger partial charge in [-0.2, -0.15) is 0 Å². The molecule has 1 saturated heterocycles. The first-order valence-corrected chi connectivity index (χ1v) is 12.0. The lowest BCUT2D eigenvalue weighted by molar-refractivity contribution is -0.139. The minimum Gasteiger partial charge on any atom is -0.463 e. The van der Waals surface area contributed by atoms with Gasteiger partial charge in [0, 0.05) is 61.4 Å². The van der Waals surface area contributed by atoms with Crippen LogP contribution in [0.2, 0.25) is 10.0 Å². The highest BCUT2D eigenvalue weighted by atomic mass is 35.5. The Morgan fingerprint density at radius 3 is 2.39 bits per heavy atom. The topological polar surface area (TPSA) is 82.2 Å². The molecule has 0 aromatic heterocycles. The number of nitrogens with one attached hydrogen (secondary N) is 1. The summed E-state index contributed by atoms with van der Waals surface area (Å²) in [5, 5.41) is 3.72. The molecule has 3 rings (SSSR count). The van der Waals surface area contributed by atoms with Crippen LogP contribution in [-0.4, -0.2) is 78.5 Å². The number of carbonyl (C=O) groups excluding carboxylic acids is 3. The standard InChI is InChI=1S/C23H30Cl2N4O4/c1-4-19(30)28-11-9-27(10-12-28)14-18-20(22(31)33-6-3)21(26-23(32)29(18)5-2)16-8-7-15(24)13-17(16)25/h7-8,13,21H,4-6,9-12,14H2,1-3H3,(H,26,32). The van der Waals surface area contributed by atoms with E-state index in [9.17, 15) is 14.4 Å². The van der Waals surface area contributed by atoms with Crippen LogP contribution in [0.3, 0.4) is 0 Å². The summed E-state index contributed by atoms with van der Waals surface area (Å²) in [6.45, 7) is 8.94. The number of rotatable bonds is 7. The van der Waals surface area contributed by atoms with Crippen LogP contribution in [0.5, 0.6) is 0 Å². The smallest absolute Gasteiger partial charge is 0.338 e. The summed E-state index contributed by atoms with van der Waals surface area (Å²) < 4.78 is 5.39. The van der Waals surface area contributed by atoms with Crippen LogP contribution in [0, 0.1) is 0 Å². The van der Waals surface area contributed by atoms with Gasteiger partial charge in [0.1, 0.15) is 0 Å². The Kier molecular flexibility index (Phi) is 8.62. The highest BCUT2D eigenvalue weighted by molar-refractivity contribution is 6.35. The maximum absolute atomic E-state index is 13.2. The van der Waals surface area contributed by atoms with E-state index in [1.54, 1.807) is 30.0 Å². The molecule has 8 nitrogen and oxygen atoms in total. The number of piperazine rings is 1. The Hall–Kier alpha value is -2.29. The minimum absolute atomic E-state index is 0.130. The van der Waals surface area contributed by atoms with Gasteiger partial charge in [0.15, 0.2) is 0 Å². The molecule has 0 aliphatic carbocycles. The molecule has 1 unspecified atom stereocenters. The number of benzene rings is 1. The average Bonchev–Trinajstić information content (AvgIpc) is 2.79. The van der Waals surface area contributed by atoms with E-state index in [0.29, 0.717) is 72.6 Å². The molecule has 180 valence electrons. The highest BCUT2D eigenvalue weighted by Gasteiger charge is 2.39. The van der Waals surface area contributed by atoms with Gasteiger partial charge in [-0.1, -0.05) is 36.2 Å². The van der Waals surface area contributed by atoms with Crippen LogP contribution in [-0.2, 0) is 14.3 Å². The summed E-state index contributed by atoms with van der Waals surface area (Å²) in [5.41, 5.74) is 1.52. The highest BCUT2D eigenvalue weighted by Crippen LogP contribution is 2.36. The second kappa shape index (κ2) is 11.2. The van der Waals surface area contributed by atoms with Crippen LogP contribution in [0.25, 0.3) is 0 Å². The fourth-order valence-electron chi connectivity index (χ4n) is 4.22. The molecule has 3 amide bonds. The summed E-state index contributed by atoms with van der Waals surface area (Å²) in [6, 6.07) is 3.90. The van der Waals surface area contributed by atoms with Gasteiger partial charge in [-0.3, -0.25) is 14.6 Å². The molecule has 1 aromatic carbocycles. The Balaban J connectivity index is 2.00. The predicted octanol–water partition coefficient (Wildman–Crippen LogP) is 3.45. The molecule has 2 aliphatic rings. The lowest BCUT2D eigenvalue weighted by atomic mass is 9.94. The molecule has 0 bridgehead atoms. The van der Waals surface area contributed by atoms with Crippen molar-refractivity contribution in [3.8, 4) is 0 Å². The maximum atomic E-state index is 13.2. The van der Waals surface area contributed by atoms with Crippen LogP contribution >= 0.6 is 23.2 Å². The first kappa shape index (κ1) is 25.3. The lowest BCUT2D eigenvalue weighted by Gasteiger charge is -2.40. The number of hydrogen-bond acceptors (Lipinski definition) is 5. The second-order valence-corrected chi connectivity index (χ2v) is 8.73. The van der Waals surface area contributed by atoms with Crippen LogP contribution in [0.1, 0.15) is 38.8 Å². The summed E-state index contributed by atoms with van der Waals surface area (Å²) >= 11 is 12.5. The van der Waals surface area contributed by atoms with E-state index in [2.05, 4.69) is 10.2 Å². The van der Waals surface area contributed by atoms with Gasteiger partial charge in [0.2, 0.25) is 5.91 Å². The van der Waals surface area contributed by atoms with Crippen molar-refractivity contribution in [1.29, 1.82) is 0 Å². The third-order valence-electron chi connectivity index (χ3n) is 5.92. The molecule has 33 heavy (non-hydrogen) atoms. The Morgan fingerprint density at radius 1 is 1.12 bits per heavy atom. The lowest BCUT2D eigenvalue weighted by Crippen LogP contribution is -2.53. The molecule has 2 aliphatic heterocycles. The van der Waals surface area contributed by atoms with Gasteiger partial charge in [-0.05, 0) is 31.5 Å². The molecule has 0 spiro atoms. The summed E-state index contributed by atoms with van der Waals surface area (Å²) in [5.74, 6) is -0.368. The first-order valence-electron chi connectivity index (χ1n) is 11.2. The average molecular weight is 497 g/mol.